The summed E-state index contributed by atoms with van der Waals surface area (Å²) in [6.45, 7) is 7.71. The van der Waals surface area contributed by atoms with Gasteiger partial charge >= 0.3 is 0 Å². The second kappa shape index (κ2) is 7.32. The van der Waals surface area contributed by atoms with Crippen LogP contribution in [-0.2, 0) is 5.92 Å². The lowest BCUT2D eigenvalue weighted by Crippen LogP contribution is -2.19. The van der Waals surface area contributed by atoms with Gasteiger partial charge in [0.05, 0.1) is 18.4 Å². The molecule has 0 aliphatic carbocycles. The molecule has 132 valence electrons. The molecule has 1 heterocycles. The number of halogens is 2. The van der Waals surface area contributed by atoms with Gasteiger partial charge in [0.25, 0.3) is 5.92 Å². The Morgan fingerprint density at radius 3 is 2.75 bits per heavy atom. The molecule has 0 amide bonds. The van der Waals surface area contributed by atoms with Crippen molar-refractivity contribution in [2.75, 3.05) is 6.54 Å². The third kappa shape index (κ3) is 4.13. The van der Waals surface area contributed by atoms with Crippen LogP contribution in [0, 0.1) is 6.92 Å². The second-order valence-corrected chi connectivity index (χ2v) is 6.71. The van der Waals surface area contributed by atoms with Crippen LogP contribution in [0.3, 0.4) is 0 Å². The Hall–Kier alpha value is -1.91. The third-order valence-corrected chi connectivity index (χ3v) is 4.74. The number of hydrogen-bond donors (Lipinski definition) is 1. The van der Waals surface area contributed by atoms with Gasteiger partial charge in [0.2, 0.25) is 0 Å². The van der Waals surface area contributed by atoms with E-state index in [0.717, 1.165) is 37.4 Å². The Bertz CT molecular complexity index is 632. The highest BCUT2D eigenvalue weighted by Crippen LogP contribution is 2.36. The van der Waals surface area contributed by atoms with Gasteiger partial charge in [-0.15, -0.1) is 0 Å². The second-order valence-electron chi connectivity index (χ2n) is 6.71. The highest BCUT2D eigenvalue weighted by Gasteiger charge is 2.29. The number of nitrogens with zero attached hydrogens (tertiary/aromatic N) is 2. The van der Waals surface area contributed by atoms with Crippen molar-refractivity contribution in [1.82, 2.24) is 4.90 Å². The van der Waals surface area contributed by atoms with Gasteiger partial charge in [0, 0.05) is 25.2 Å². The van der Waals surface area contributed by atoms with Crippen LogP contribution in [0.25, 0.3) is 0 Å². The quantitative estimate of drug-likeness (QED) is 0.635. The molecule has 5 heteroatoms. The van der Waals surface area contributed by atoms with Crippen LogP contribution in [0.1, 0.15) is 56.3 Å². The van der Waals surface area contributed by atoms with Gasteiger partial charge in [0.1, 0.15) is 0 Å². The largest absolute Gasteiger partial charge is 0.390 e. The number of rotatable bonds is 5. The molecule has 0 saturated carbocycles. The van der Waals surface area contributed by atoms with E-state index in [9.17, 15) is 8.78 Å². The summed E-state index contributed by atoms with van der Waals surface area (Å²) in [4.78, 5) is 6.48. The number of nitrogens with two attached hydrogens (primary N) is 1. The first kappa shape index (κ1) is 18.4. The van der Waals surface area contributed by atoms with E-state index in [4.69, 9.17) is 5.73 Å². The van der Waals surface area contributed by atoms with E-state index in [-0.39, 0.29) is 17.6 Å². The van der Waals surface area contributed by atoms with Crippen LogP contribution in [0.2, 0.25) is 0 Å². The molecule has 0 aromatic heterocycles. The standard InChI is InChI=1S/C19H27F2N3/c1-13-10-16(7-8-17(13)19(4,20)21)18-6-5-9-24(18)11-14(2)15(3)23-12-22/h7-8,10-12,15,18H,5-6,9H2,1-4H3,(H2,22,23)/b14-11+. The molecule has 24 heavy (non-hydrogen) atoms. The normalized spacial score (nSPS) is 20.8. The first-order valence-electron chi connectivity index (χ1n) is 8.40. The van der Waals surface area contributed by atoms with E-state index >= 15 is 0 Å². The predicted octanol–water partition coefficient (Wildman–Crippen LogP) is 4.52. The molecule has 0 bridgehead atoms. The van der Waals surface area contributed by atoms with E-state index in [0.29, 0.717) is 5.56 Å². The van der Waals surface area contributed by atoms with Crippen molar-refractivity contribution in [1.29, 1.82) is 0 Å². The highest BCUT2D eigenvalue weighted by atomic mass is 19.3. The van der Waals surface area contributed by atoms with Gasteiger partial charge in [-0.25, -0.2) is 8.78 Å². The molecule has 1 fully saturated rings. The summed E-state index contributed by atoms with van der Waals surface area (Å²) in [7, 11) is 0. The Labute approximate surface area is 143 Å². The first-order valence-corrected chi connectivity index (χ1v) is 8.40. The number of alkyl halides is 2. The van der Waals surface area contributed by atoms with E-state index in [1.54, 1.807) is 13.0 Å². The minimum Gasteiger partial charge on any atom is -0.390 e. The molecule has 2 unspecified atom stereocenters. The highest BCUT2D eigenvalue weighted by molar-refractivity contribution is 5.52. The number of benzene rings is 1. The molecule has 1 saturated heterocycles. The van der Waals surface area contributed by atoms with E-state index in [1.807, 2.05) is 26.0 Å². The fourth-order valence-electron chi connectivity index (χ4n) is 3.30. The molecule has 1 aromatic rings. The van der Waals surface area contributed by atoms with Gasteiger partial charge in [-0.3, -0.25) is 4.99 Å². The summed E-state index contributed by atoms with van der Waals surface area (Å²) < 4.78 is 27.2. The van der Waals surface area contributed by atoms with Crippen molar-refractivity contribution in [3.8, 4) is 0 Å². The maximum atomic E-state index is 13.6. The van der Waals surface area contributed by atoms with Crippen LogP contribution < -0.4 is 5.73 Å². The number of hydrogen-bond acceptors (Lipinski definition) is 2. The Balaban J connectivity index is 2.25. The Morgan fingerprint density at radius 2 is 2.17 bits per heavy atom. The van der Waals surface area contributed by atoms with Gasteiger partial charge in [-0.05, 0) is 50.3 Å². The summed E-state index contributed by atoms with van der Waals surface area (Å²) in [6, 6.07) is 5.58. The zero-order valence-electron chi connectivity index (χ0n) is 14.9. The van der Waals surface area contributed by atoms with Gasteiger partial charge in [-0.1, -0.05) is 18.2 Å². The molecule has 2 N–H and O–H groups in total. The molecule has 1 aliphatic rings. The molecular weight excluding hydrogens is 308 g/mol. The fraction of sp³-hybridized carbons (Fsp3) is 0.526. The average Bonchev–Trinajstić information content (AvgIpc) is 2.94. The van der Waals surface area contributed by atoms with Crippen molar-refractivity contribution in [2.24, 2.45) is 10.7 Å². The summed E-state index contributed by atoms with van der Waals surface area (Å²) in [5, 5.41) is 0. The van der Waals surface area contributed by atoms with Crippen LogP contribution >= 0.6 is 0 Å². The monoisotopic (exact) mass is 335 g/mol. The van der Waals surface area contributed by atoms with E-state index < -0.39 is 5.92 Å². The Morgan fingerprint density at radius 1 is 1.46 bits per heavy atom. The lowest BCUT2D eigenvalue weighted by molar-refractivity contribution is 0.0168. The molecule has 0 spiro atoms. The summed E-state index contributed by atoms with van der Waals surface area (Å²) in [5.41, 5.74) is 8.35. The Kier molecular flexibility index (Phi) is 5.62. The third-order valence-electron chi connectivity index (χ3n) is 4.74. The first-order chi connectivity index (χ1) is 11.2. The summed E-state index contributed by atoms with van der Waals surface area (Å²) in [6.07, 6.45) is 5.58. The smallest absolute Gasteiger partial charge is 0.270 e. The lowest BCUT2D eigenvalue weighted by atomic mass is 9.96. The van der Waals surface area contributed by atoms with E-state index in [2.05, 4.69) is 16.1 Å². The molecule has 1 aromatic carbocycles. The minimum absolute atomic E-state index is 0.0409. The minimum atomic E-state index is -2.80. The summed E-state index contributed by atoms with van der Waals surface area (Å²) in [5.74, 6) is -2.80. The van der Waals surface area contributed by atoms with Gasteiger partial charge in [0.15, 0.2) is 0 Å². The zero-order chi connectivity index (χ0) is 17.9. The van der Waals surface area contributed by atoms with Crippen LogP contribution in [0.15, 0.2) is 35.0 Å². The predicted molar refractivity (Wildman–Crippen MR) is 95.3 cm³/mol. The van der Waals surface area contributed by atoms with Crippen LogP contribution in [0.4, 0.5) is 8.78 Å². The fourth-order valence-corrected chi connectivity index (χ4v) is 3.30. The van der Waals surface area contributed by atoms with Crippen molar-refractivity contribution in [3.63, 3.8) is 0 Å². The van der Waals surface area contributed by atoms with Crippen LogP contribution in [0.5, 0.6) is 0 Å². The summed E-state index contributed by atoms with van der Waals surface area (Å²) >= 11 is 0. The van der Waals surface area contributed by atoms with Gasteiger partial charge in [-0.2, -0.15) is 0 Å². The molecular formula is C19H27F2N3. The van der Waals surface area contributed by atoms with Crippen LogP contribution in [-0.4, -0.2) is 23.8 Å². The van der Waals surface area contributed by atoms with Crippen molar-refractivity contribution < 1.29 is 8.78 Å². The van der Waals surface area contributed by atoms with Crippen molar-refractivity contribution >= 4 is 6.34 Å². The van der Waals surface area contributed by atoms with Crippen molar-refractivity contribution in [3.05, 3.63) is 46.7 Å². The molecule has 2 rings (SSSR count). The van der Waals surface area contributed by atoms with E-state index in [1.165, 1.54) is 6.34 Å². The topological polar surface area (TPSA) is 41.6 Å². The molecule has 2 atom stereocenters. The molecule has 3 nitrogen and oxygen atoms in total. The SMILES string of the molecule is C/C(=C\N1CCCC1c1ccc(C(C)(F)F)c(C)c1)C(C)N=CN. The van der Waals surface area contributed by atoms with Crippen molar-refractivity contribution in [2.45, 2.75) is 58.5 Å². The average molecular weight is 335 g/mol. The molecule has 0 radical (unpaired) electrons. The number of likely N-dealkylation sites (tertiary alicyclic amines) is 1. The lowest BCUT2D eigenvalue weighted by Gasteiger charge is -2.26. The number of aliphatic imine (C=N–C) groups is 1. The molecule has 1 aliphatic heterocycles. The maximum Gasteiger partial charge on any atom is 0.270 e. The zero-order valence-corrected chi connectivity index (χ0v) is 14.9. The van der Waals surface area contributed by atoms with Gasteiger partial charge < -0.3 is 10.6 Å². The maximum absolute atomic E-state index is 13.6. The number of aryl methyl sites for hydroxylation is 1.